The highest BCUT2D eigenvalue weighted by Gasteiger charge is 2.13. The summed E-state index contributed by atoms with van der Waals surface area (Å²) in [4.78, 5) is 18.2. The van der Waals surface area contributed by atoms with Crippen molar-refractivity contribution >= 4 is 44.3 Å². The highest BCUT2D eigenvalue weighted by Crippen LogP contribution is 2.25. The minimum absolute atomic E-state index is 0.209. The fourth-order valence-corrected chi connectivity index (χ4v) is 3.12. The van der Waals surface area contributed by atoms with Crippen LogP contribution in [0.5, 0.6) is 0 Å². The topological polar surface area (TPSA) is 45.2 Å². The van der Waals surface area contributed by atoms with Gasteiger partial charge in [0.15, 0.2) is 5.13 Å². The lowest BCUT2D eigenvalue weighted by atomic mass is 10.2. The van der Waals surface area contributed by atoms with Crippen LogP contribution in [-0.4, -0.2) is 23.0 Å². The van der Waals surface area contributed by atoms with E-state index in [2.05, 4.69) is 10.3 Å². The number of hydrogen-bond donors (Lipinski definition) is 1. The molecule has 3 rings (SSSR count). The predicted molar refractivity (Wildman–Crippen MR) is 91.6 cm³/mol. The van der Waals surface area contributed by atoms with E-state index in [1.165, 1.54) is 11.3 Å². The van der Waals surface area contributed by atoms with E-state index in [0.717, 1.165) is 15.8 Å². The minimum atomic E-state index is -0.209. The maximum absolute atomic E-state index is 12.2. The van der Waals surface area contributed by atoms with Crippen LogP contribution in [0.15, 0.2) is 48.5 Å². The van der Waals surface area contributed by atoms with Crippen LogP contribution >= 0.6 is 22.9 Å². The van der Waals surface area contributed by atoms with Crippen molar-refractivity contribution in [3.8, 4) is 0 Å². The third kappa shape index (κ3) is 3.21. The van der Waals surface area contributed by atoms with E-state index in [1.54, 1.807) is 11.9 Å². The van der Waals surface area contributed by atoms with Crippen LogP contribution in [0.1, 0.15) is 5.56 Å². The summed E-state index contributed by atoms with van der Waals surface area (Å²) in [6.45, 7) is 0.441. The highest BCUT2D eigenvalue weighted by molar-refractivity contribution is 7.22. The Bertz CT molecular complexity index is 785. The van der Waals surface area contributed by atoms with E-state index >= 15 is 0 Å². The van der Waals surface area contributed by atoms with Gasteiger partial charge in [-0.3, -0.25) is 5.32 Å². The quantitative estimate of drug-likeness (QED) is 0.761. The molecule has 3 aromatic rings. The second kappa shape index (κ2) is 6.34. The predicted octanol–water partition coefficient (Wildman–Crippen LogP) is 4.61. The molecule has 6 heteroatoms. The van der Waals surface area contributed by atoms with Crippen molar-refractivity contribution in [1.29, 1.82) is 0 Å². The highest BCUT2D eigenvalue weighted by atomic mass is 35.5. The first kappa shape index (κ1) is 14.8. The SMILES string of the molecule is CN(Cc1ccccc1Cl)C(=O)Nc1nc2ccccc2s1. The maximum Gasteiger partial charge on any atom is 0.323 e. The number of hydrogen-bond acceptors (Lipinski definition) is 3. The van der Waals surface area contributed by atoms with E-state index in [0.29, 0.717) is 16.7 Å². The molecule has 0 bridgehead atoms. The lowest BCUT2D eigenvalue weighted by Gasteiger charge is -2.17. The molecule has 0 saturated heterocycles. The Kier molecular flexibility index (Phi) is 4.27. The van der Waals surface area contributed by atoms with Crippen molar-refractivity contribution in [1.82, 2.24) is 9.88 Å². The lowest BCUT2D eigenvalue weighted by molar-refractivity contribution is 0.220. The smallest absolute Gasteiger partial charge is 0.323 e. The van der Waals surface area contributed by atoms with Gasteiger partial charge in [-0.1, -0.05) is 53.3 Å². The number of halogens is 1. The van der Waals surface area contributed by atoms with Gasteiger partial charge in [-0.25, -0.2) is 9.78 Å². The van der Waals surface area contributed by atoms with Crippen LogP contribution in [0, 0.1) is 0 Å². The van der Waals surface area contributed by atoms with E-state index in [9.17, 15) is 4.79 Å². The van der Waals surface area contributed by atoms with Crippen LogP contribution in [0.25, 0.3) is 10.2 Å². The fraction of sp³-hybridized carbons (Fsp3) is 0.125. The van der Waals surface area contributed by atoms with Crippen molar-refractivity contribution in [3.05, 3.63) is 59.1 Å². The molecule has 0 aliphatic rings. The largest absolute Gasteiger partial charge is 0.323 e. The molecular weight excluding hydrogens is 318 g/mol. The van der Waals surface area contributed by atoms with Gasteiger partial charge in [0, 0.05) is 18.6 Å². The normalized spacial score (nSPS) is 10.6. The first-order chi connectivity index (χ1) is 10.6. The molecule has 1 N–H and O–H groups in total. The number of nitrogens with zero attached hydrogens (tertiary/aromatic N) is 2. The van der Waals surface area contributed by atoms with Crippen LogP contribution in [0.4, 0.5) is 9.93 Å². The second-order valence-electron chi connectivity index (χ2n) is 4.86. The molecule has 0 aliphatic heterocycles. The average Bonchev–Trinajstić information content (AvgIpc) is 2.91. The molecular formula is C16H14ClN3OS. The van der Waals surface area contributed by atoms with Crippen LogP contribution in [-0.2, 0) is 6.54 Å². The van der Waals surface area contributed by atoms with Gasteiger partial charge >= 0.3 is 6.03 Å². The number of para-hydroxylation sites is 1. The summed E-state index contributed by atoms with van der Waals surface area (Å²) in [7, 11) is 1.73. The molecule has 0 spiro atoms. The molecule has 2 aromatic carbocycles. The zero-order chi connectivity index (χ0) is 15.5. The van der Waals surface area contributed by atoms with E-state index in [1.807, 2.05) is 48.5 Å². The van der Waals surface area contributed by atoms with Gasteiger partial charge in [-0.15, -0.1) is 0 Å². The number of benzene rings is 2. The van der Waals surface area contributed by atoms with Crippen LogP contribution in [0.3, 0.4) is 0 Å². The number of anilines is 1. The number of carbonyl (C=O) groups is 1. The lowest BCUT2D eigenvalue weighted by Crippen LogP contribution is -2.30. The molecule has 0 unspecified atom stereocenters. The molecule has 0 aliphatic carbocycles. The Labute approximate surface area is 137 Å². The van der Waals surface area contributed by atoms with Gasteiger partial charge in [0.1, 0.15) is 0 Å². The van der Waals surface area contributed by atoms with E-state index in [-0.39, 0.29) is 6.03 Å². The van der Waals surface area contributed by atoms with E-state index in [4.69, 9.17) is 11.6 Å². The van der Waals surface area contributed by atoms with Crippen molar-refractivity contribution in [2.45, 2.75) is 6.54 Å². The number of nitrogens with one attached hydrogen (secondary N) is 1. The Morgan fingerprint density at radius 1 is 1.23 bits per heavy atom. The summed E-state index contributed by atoms with van der Waals surface area (Å²) < 4.78 is 1.05. The fourth-order valence-electron chi connectivity index (χ4n) is 2.07. The number of urea groups is 1. The molecule has 1 aromatic heterocycles. The van der Waals surface area contributed by atoms with E-state index < -0.39 is 0 Å². The summed E-state index contributed by atoms with van der Waals surface area (Å²) in [5.74, 6) is 0. The molecule has 0 radical (unpaired) electrons. The summed E-state index contributed by atoms with van der Waals surface area (Å²) in [5.41, 5.74) is 1.79. The first-order valence-electron chi connectivity index (χ1n) is 6.74. The number of thiazole rings is 1. The second-order valence-corrected chi connectivity index (χ2v) is 6.30. The maximum atomic E-state index is 12.2. The molecule has 22 heavy (non-hydrogen) atoms. The van der Waals surface area contributed by atoms with Crippen LogP contribution in [0.2, 0.25) is 5.02 Å². The van der Waals surface area contributed by atoms with Crippen molar-refractivity contribution in [2.75, 3.05) is 12.4 Å². The van der Waals surface area contributed by atoms with Gasteiger partial charge in [0.05, 0.1) is 10.2 Å². The van der Waals surface area contributed by atoms with Crippen LogP contribution < -0.4 is 5.32 Å². The first-order valence-corrected chi connectivity index (χ1v) is 7.94. The monoisotopic (exact) mass is 331 g/mol. The van der Waals surface area contributed by atoms with Crippen molar-refractivity contribution in [2.24, 2.45) is 0 Å². The molecule has 4 nitrogen and oxygen atoms in total. The molecule has 0 atom stereocenters. The third-order valence-electron chi connectivity index (χ3n) is 3.22. The molecule has 2 amide bonds. The number of amides is 2. The minimum Gasteiger partial charge on any atom is -0.323 e. The summed E-state index contributed by atoms with van der Waals surface area (Å²) in [5, 5.41) is 4.07. The number of fused-ring (bicyclic) bond motifs is 1. The van der Waals surface area contributed by atoms with Gasteiger partial charge < -0.3 is 4.90 Å². The average molecular weight is 332 g/mol. The van der Waals surface area contributed by atoms with Gasteiger partial charge in [-0.2, -0.15) is 0 Å². The Morgan fingerprint density at radius 3 is 2.73 bits per heavy atom. The molecule has 1 heterocycles. The Balaban J connectivity index is 1.69. The molecule has 0 saturated carbocycles. The van der Waals surface area contributed by atoms with Gasteiger partial charge in [-0.05, 0) is 23.8 Å². The number of aromatic nitrogens is 1. The third-order valence-corrected chi connectivity index (χ3v) is 4.54. The van der Waals surface area contributed by atoms with Crippen molar-refractivity contribution < 1.29 is 4.79 Å². The van der Waals surface area contributed by atoms with Gasteiger partial charge in [0.25, 0.3) is 0 Å². The zero-order valence-electron chi connectivity index (χ0n) is 11.9. The van der Waals surface area contributed by atoms with Crippen molar-refractivity contribution in [3.63, 3.8) is 0 Å². The summed E-state index contributed by atoms with van der Waals surface area (Å²) >= 11 is 7.57. The molecule has 112 valence electrons. The summed E-state index contributed by atoms with van der Waals surface area (Å²) in [6, 6.07) is 15.1. The van der Waals surface area contributed by atoms with Gasteiger partial charge in [0.2, 0.25) is 0 Å². The number of carbonyl (C=O) groups excluding carboxylic acids is 1. The summed E-state index contributed by atoms with van der Waals surface area (Å²) in [6.07, 6.45) is 0. The zero-order valence-corrected chi connectivity index (χ0v) is 13.5. The number of rotatable bonds is 3. The standard InChI is InChI=1S/C16H14ClN3OS/c1-20(10-11-6-2-3-7-12(11)17)16(21)19-15-18-13-8-4-5-9-14(13)22-15/h2-9H,10H2,1H3,(H,18,19,21). The Hall–Kier alpha value is -2.11. The molecule has 0 fully saturated rings. The Morgan fingerprint density at radius 2 is 1.95 bits per heavy atom.